The van der Waals surface area contributed by atoms with Crippen LogP contribution in [0.4, 0.5) is 23.2 Å². The Balaban J connectivity index is 2.57. The molecule has 0 unspecified atom stereocenters. The molecule has 0 fully saturated rings. The predicted molar refractivity (Wildman–Crippen MR) is 67.5 cm³/mol. The zero-order chi connectivity index (χ0) is 13.6. The Labute approximate surface area is 108 Å². The number of thioether (sulfide) groups is 1. The van der Waals surface area contributed by atoms with Crippen LogP contribution in [0.15, 0.2) is 18.2 Å². The molecule has 0 aliphatic rings. The van der Waals surface area contributed by atoms with Crippen LogP contribution in [0, 0.1) is 5.82 Å². The first kappa shape index (κ1) is 15.1. The number of anilines is 1. The third-order valence-electron chi connectivity index (χ3n) is 2.38. The SMILES string of the molecule is CSCCCCNc1ccc(F)c(C(F)(F)F)c1. The minimum Gasteiger partial charge on any atom is -0.385 e. The molecule has 0 radical (unpaired) electrons. The Morgan fingerprint density at radius 2 is 1.94 bits per heavy atom. The Hall–Kier alpha value is -0.910. The van der Waals surface area contributed by atoms with E-state index in [9.17, 15) is 17.6 Å². The number of benzene rings is 1. The zero-order valence-electron chi connectivity index (χ0n) is 9.98. The summed E-state index contributed by atoms with van der Waals surface area (Å²) in [6, 6.07) is 2.97. The summed E-state index contributed by atoms with van der Waals surface area (Å²) in [5.74, 6) is -0.214. The van der Waals surface area contributed by atoms with Crippen LogP contribution in [0.1, 0.15) is 18.4 Å². The van der Waals surface area contributed by atoms with E-state index in [-0.39, 0.29) is 0 Å². The van der Waals surface area contributed by atoms with E-state index in [1.54, 1.807) is 11.8 Å². The van der Waals surface area contributed by atoms with E-state index in [1.807, 2.05) is 6.26 Å². The molecule has 0 spiro atoms. The van der Waals surface area contributed by atoms with Crippen LogP contribution in [0.25, 0.3) is 0 Å². The fourth-order valence-electron chi connectivity index (χ4n) is 1.46. The third-order valence-corrected chi connectivity index (χ3v) is 3.07. The molecule has 0 atom stereocenters. The molecule has 0 aliphatic heterocycles. The summed E-state index contributed by atoms with van der Waals surface area (Å²) < 4.78 is 50.3. The number of hydrogen-bond donors (Lipinski definition) is 1. The van der Waals surface area contributed by atoms with Gasteiger partial charge in [0.15, 0.2) is 0 Å². The van der Waals surface area contributed by atoms with Gasteiger partial charge in [-0.1, -0.05) is 0 Å². The molecule has 0 heterocycles. The van der Waals surface area contributed by atoms with Crippen LogP contribution in [-0.2, 0) is 6.18 Å². The topological polar surface area (TPSA) is 12.0 Å². The molecular formula is C12H15F4NS. The molecule has 1 rings (SSSR count). The van der Waals surface area contributed by atoms with Gasteiger partial charge in [-0.15, -0.1) is 0 Å². The van der Waals surface area contributed by atoms with E-state index in [1.165, 1.54) is 6.07 Å². The third kappa shape index (κ3) is 4.76. The maximum absolute atomic E-state index is 13.0. The van der Waals surface area contributed by atoms with Gasteiger partial charge in [0.2, 0.25) is 0 Å². The first-order valence-corrected chi connectivity index (χ1v) is 6.94. The molecule has 102 valence electrons. The minimum absolute atomic E-state index is 0.299. The standard InChI is InChI=1S/C12H15F4NS/c1-18-7-3-2-6-17-9-4-5-11(13)10(8-9)12(14,15)16/h4-5,8,17H,2-3,6-7H2,1H3. The highest BCUT2D eigenvalue weighted by Gasteiger charge is 2.34. The number of halogens is 4. The van der Waals surface area contributed by atoms with Crippen molar-refractivity contribution >= 4 is 17.4 Å². The molecule has 0 amide bonds. The van der Waals surface area contributed by atoms with Gasteiger partial charge >= 0.3 is 6.18 Å². The van der Waals surface area contributed by atoms with Crippen LogP contribution < -0.4 is 5.32 Å². The molecule has 18 heavy (non-hydrogen) atoms. The van der Waals surface area contributed by atoms with E-state index < -0.39 is 17.6 Å². The fraction of sp³-hybridized carbons (Fsp3) is 0.500. The van der Waals surface area contributed by atoms with E-state index in [4.69, 9.17) is 0 Å². The Morgan fingerprint density at radius 3 is 2.56 bits per heavy atom. The number of alkyl halides is 3. The normalized spacial score (nSPS) is 11.6. The Kier molecular flexibility index (Phi) is 5.78. The Bertz CT molecular complexity index is 379. The second-order valence-electron chi connectivity index (χ2n) is 3.82. The van der Waals surface area contributed by atoms with Crippen molar-refractivity contribution in [3.8, 4) is 0 Å². The molecule has 6 heteroatoms. The number of nitrogens with one attached hydrogen (secondary N) is 1. The Morgan fingerprint density at radius 1 is 1.22 bits per heavy atom. The van der Waals surface area contributed by atoms with Crippen LogP contribution in [-0.4, -0.2) is 18.6 Å². The van der Waals surface area contributed by atoms with Gasteiger partial charge in [-0.3, -0.25) is 0 Å². The maximum Gasteiger partial charge on any atom is 0.419 e. The average molecular weight is 281 g/mol. The molecule has 0 aliphatic carbocycles. The highest BCUT2D eigenvalue weighted by Crippen LogP contribution is 2.32. The van der Waals surface area contributed by atoms with Crippen molar-refractivity contribution in [2.75, 3.05) is 23.9 Å². The van der Waals surface area contributed by atoms with Crippen molar-refractivity contribution in [3.05, 3.63) is 29.6 Å². The molecule has 1 aromatic carbocycles. The van der Waals surface area contributed by atoms with Crippen molar-refractivity contribution in [3.63, 3.8) is 0 Å². The highest BCUT2D eigenvalue weighted by atomic mass is 32.2. The maximum atomic E-state index is 13.0. The van der Waals surface area contributed by atoms with Gasteiger partial charge in [-0.25, -0.2) is 4.39 Å². The first-order chi connectivity index (χ1) is 8.45. The smallest absolute Gasteiger partial charge is 0.385 e. The summed E-state index contributed by atoms with van der Waals surface area (Å²) in [5.41, 5.74) is -0.926. The van der Waals surface area contributed by atoms with Gasteiger partial charge < -0.3 is 5.32 Å². The van der Waals surface area contributed by atoms with Crippen LogP contribution in [0.5, 0.6) is 0 Å². The predicted octanol–water partition coefficient (Wildman–Crippen LogP) is 4.40. The lowest BCUT2D eigenvalue weighted by molar-refractivity contribution is -0.139. The van der Waals surface area contributed by atoms with Gasteiger partial charge in [0.1, 0.15) is 5.82 Å². The molecule has 1 N–H and O–H groups in total. The van der Waals surface area contributed by atoms with Crippen molar-refractivity contribution in [2.45, 2.75) is 19.0 Å². The number of unbranched alkanes of at least 4 members (excludes halogenated alkanes) is 1. The number of hydrogen-bond acceptors (Lipinski definition) is 2. The van der Waals surface area contributed by atoms with E-state index in [2.05, 4.69) is 5.32 Å². The molecular weight excluding hydrogens is 266 g/mol. The second-order valence-corrected chi connectivity index (χ2v) is 4.80. The number of rotatable bonds is 6. The van der Waals surface area contributed by atoms with E-state index >= 15 is 0 Å². The van der Waals surface area contributed by atoms with Gasteiger partial charge in [-0.05, 0) is 43.0 Å². The largest absolute Gasteiger partial charge is 0.419 e. The summed E-state index contributed by atoms with van der Waals surface area (Å²) in [6.45, 7) is 0.587. The van der Waals surface area contributed by atoms with Gasteiger partial charge in [0.05, 0.1) is 5.56 Å². The van der Waals surface area contributed by atoms with Crippen LogP contribution in [0.2, 0.25) is 0 Å². The highest BCUT2D eigenvalue weighted by molar-refractivity contribution is 7.98. The molecule has 1 nitrogen and oxygen atoms in total. The van der Waals surface area contributed by atoms with Gasteiger partial charge in [-0.2, -0.15) is 24.9 Å². The average Bonchev–Trinajstić information content (AvgIpc) is 2.29. The van der Waals surface area contributed by atoms with Crippen LogP contribution >= 0.6 is 11.8 Å². The summed E-state index contributed by atoms with van der Waals surface area (Å²) in [6.07, 6.45) is -0.773. The summed E-state index contributed by atoms with van der Waals surface area (Å²) in [5, 5.41) is 2.87. The quantitative estimate of drug-likeness (QED) is 0.612. The fourth-order valence-corrected chi connectivity index (χ4v) is 1.95. The van der Waals surface area contributed by atoms with Crippen molar-refractivity contribution in [2.24, 2.45) is 0 Å². The molecule has 0 saturated heterocycles. The second kappa shape index (κ2) is 6.87. The summed E-state index contributed by atoms with van der Waals surface area (Å²) >= 11 is 1.73. The van der Waals surface area contributed by atoms with Crippen molar-refractivity contribution in [1.82, 2.24) is 0 Å². The first-order valence-electron chi connectivity index (χ1n) is 5.54. The minimum atomic E-state index is -4.65. The zero-order valence-corrected chi connectivity index (χ0v) is 10.8. The summed E-state index contributed by atoms with van der Waals surface area (Å²) in [4.78, 5) is 0. The lowest BCUT2D eigenvalue weighted by atomic mass is 10.1. The molecule has 0 bridgehead atoms. The van der Waals surface area contributed by atoms with E-state index in [0.717, 1.165) is 30.7 Å². The lowest BCUT2D eigenvalue weighted by Gasteiger charge is -2.11. The monoisotopic (exact) mass is 281 g/mol. The molecule has 0 aromatic heterocycles. The van der Waals surface area contributed by atoms with Gasteiger partial charge in [0.25, 0.3) is 0 Å². The summed E-state index contributed by atoms with van der Waals surface area (Å²) in [7, 11) is 0. The molecule has 1 aromatic rings. The van der Waals surface area contributed by atoms with Crippen LogP contribution in [0.3, 0.4) is 0 Å². The van der Waals surface area contributed by atoms with Crippen molar-refractivity contribution < 1.29 is 17.6 Å². The lowest BCUT2D eigenvalue weighted by Crippen LogP contribution is -2.10. The van der Waals surface area contributed by atoms with E-state index in [0.29, 0.717) is 12.2 Å². The van der Waals surface area contributed by atoms with Crippen molar-refractivity contribution in [1.29, 1.82) is 0 Å². The molecule has 0 saturated carbocycles. The van der Waals surface area contributed by atoms with Gasteiger partial charge in [0, 0.05) is 12.2 Å².